The smallest absolute Gasteiger partial charge is 0.240 e. The zero-order valence-corrected chi connectivity index (χ0v) is 17.7. The zero-order valence-electron chi connectivity index (χ0n) is 15.5. The molecule has 1 saturated heterocycles. The summed E-state index contributed by atoms with van der Waals surface area (Å²) < 4.78 is 0. The van der Waals surface area contributed by atoms with Crippen LogP contribution in [0.5, 0.6) is 0 Å². The molecule has 4 aliphatic rings. The lowest BCUT2D eigenvalue weighted by Crippen LogP contribution is -2.57. The summed E-state index contributed by atoms with van der Waals surface area (Å²) in [5.41, 5.74) is 3.58. The largest absolute Gasteiger partial charge is 0.274 e. The van der Waals surface area contributed by atoms with E-state index in [9.17, 15) is 9.59 Å². The highest BCUT2D eigenvalue weighted by molar-refractivity contribution is 6.39. The van der Waals surface area contributed by atoms with Crippen molar-refractivity contribution >= 4 is 52.3 Å². The molecule has 6 heteroatoms. The second-order valence-corrected chi connectivity index (χ2v) is 9.59. The molecule has 1 fully saturated rings. The molecule has 0 aromatic heterocycles. The average molecular weight is 455 g/mol. The fourth-order valence-corrected chi connectivity index (χ4v) is 6.82. The predicted octanol–water partition coefficient (Wildman–Crippen LogP) is 5.44. The number of nitrogens with zero attached hydrogens (tertiary/aromatic N) is 1. The van der Waals surface area contributed by atoms with Crippen molar-refractivity contribution in [3.63, 3.8) is 0 Å². The normalized spacial score (nSPS) is 30.8. The van der Waals surface area contributed by atoms with Crippen molar-refractivity contribution in [1.82, 2.24) is 0 Å². The number of anilines is 1. The molecule has 30 heavy (non-hydrogen) atoms. The van der Waals surface area contributed by atoms with Gasteiger partial charge in [-0.25, -0.2) is 4.90 Å². The Hall–Kier alpha value is -2.33. The quantitative estimate of drug-likeness (QED) is 0.363. The Bertz CT molecular complexity index is 1150. The third-order valence-corrected chi connectivity index (χ3v) is 8.17. The minimum absolute atomic E-state index is 0.351. The van der Waals surface area contributed by atoms with Crippen molar-refractivity contribution < 1.29 is 9.59 Å². The number of imide groups is 1. The minimum Gasteiger partial charge on any atom is -0.274 e. The molecule has 2 amide bonds. The molecule has 0 saturated carbocycles. The first-order valence-electron chi connectivity index (χ1n) is 9.61. The van der Waals surface area contributed by atoms with Gasteiger partial charge in [0.1, 0.15) is 9.75 Å². The number of hydrogen-bond donors (Lipinski definition) is 0. The molecule has 148 valence electrons. The van der Waals surface area contributed by atoms with Crippen LogP contribution in [0.1, 0.15) is 22.3 Å². The van der Waals surface area contributed by atoms with Crippen LogP contribution in [0.3, 0.4) is 0 Å². The van der Waals surface area contributed by atoms with Gasteiger partial charge in [0.05, 0.1) is 17.5 Å². The molecule has 2 atom stereocenters. The molecule has 3 aromatic carbocycles. The molecular formula is C24H14Cl3NO2. The first kappa shape index (κ1) is 18.4. The number of carbonyl (C=O) groups excluding carboxylic acids is 2. The molecular weight excluding hydrogens is 441 g/mol. The van der Waals surface area contributed by atoms with Gasteiger partial charge < -0.3 is 0 Å². The second kappa shape index (κ2) is 5.88. The molecule has 7 rings (SSSR count). The van der Waals surface area contributed by atoms with Crippen molar-refractivity contribution in [2.24, 2.45) is 11.8 Å². The van der Waals surface area contributed by atoms with Crippen LogP contribution in [0.2, 0.25) is 5.02 Å². The Morgan fingerprint density at radius 2 is 1.10 bits per heavy atom. The number of alkyl halides is 2. The van der Waals surface area contributed by atoms with E-state index in [4.69, 9.17) is 34.8 Å². The molecule has 2 bridgehead atoms. The van der Waals surface area contributed by atoms with Crippen molar-refractivity contribution in [3.8, 4) is 0 Å². The number of halogens is 3. The van der Waals surface area contributed by atoms with E-state index in [0.29, 0.717) is 10.7 Å². The third kappa shape index (κ3) is 1.94. The van der Waals surface area contributed by atoms with E-state index in [1.54, 1.807) is 24.3 Å². The highest BCUT2D eigenvalue weighted by atomic mass is 35.5. The van der Waals surface area contributed by atoms with E-state index in [1.807, 2.05) is 48.5 Å². The summed E-state index contributed by atoms with van der Waals surface area (Å²) in [6.45, 7) is 0. The molecule has 3 aromatic rings. The number of rotatable bonds is 1. The zero-order chi connectivity index (χ0) is 20.8. The highest BCUT2D eigenvalue weighted by Gasteiger charge is 2.73. The van der Waals surface area contributed by atoms with Crippen LogP contribution < -0.4 is 4.90 Å². The Balaban J connectivity index is 1.67. The minimum atomic E-state index is -1.17. The van der Waals surface area contributed by atoms with Crippen LogP contribution in [-0.2, 0) is 19.3 Å². The lowest BCUT2D eigenvalue weighted by Gasteiger charge is -2.54. The first-order valence-corrected chi connectivity index (χ1v) is 10.7. The summed E-state index contributed by atoms with van der Waals surface area (Å²) in [5, 5.41) is 0.443. The van der Waals surface area contributed by atoms with Gasteiger partial charge >= 0.3 is 0 Å². The Morgan fingerprint density at radius 3 is 1.50 bits per heavy atom. The van der Waals surface area contributed by atoms with Gasteiger partial charge in [-0.15, -0.1) is 23.2 Å². The maximum absolute atomic E-state index is 13.7. The molecule has 0 radical (unpaired) electrons. The molecule has 3 aliphatic carbocycles. The van der Waals surface area contributed by atoms with Crippen LogP contribution in [0.15, 0.2) is 72.8 Å². The maximum atomic E-state index is 13.7. The lowest BCUT2D eigenvalue weighted by molar-refractivity contribution is -0.122. The van der Waals surface area contributed by atoms with E-state index in [1.165, 1.54) is 4.90 Å². The summed E-state index contributed by atoms with van der Waals surface area (Å²) in [6, 6.07) is 21.9. The van der Waals surface area contributed by atoms with Crippen molar-refractivity contribution in [2.45, 2.75) is 9.75 Å². The van der Waals surface area contributed by atoms with Crippen molar-refractivity contribution in [1.29, 1.82) is 0 Å². The number of carbonyl (C=O) groups is 2. The third-order valence-electron chi connectivity index (χ3n) is 6.65. The van der Waals surface area contributed by atoms with Gasteiger partial charge in [0.2, 0.25) is 11.8 Å². The SMILES string of the molecule is O=C1[C@@H]2[C@@H](C(=O)N1c1cccc(Cl)c1)C1(Cl)c3ccccc3C2(Cl)c2ccccc21. The average Bonchev–Trinajstić information content (AvgIpc) is 3.03. The summed E-state index contributed by atoms with van der Waals surface area (Å²) in [4.78, 5) is 26.3. The first-order chi connectivity index (χ1) is 14.4. The van der Waals surface area contributed by atoms with Gasteiger partial charge in [0, 0.05) is 5.02 Å². The van der Waals surface area contributed by atoms with Gasteiger partial charge in [-0.2, -0.15) is 0 Å². The highest BCUT2D eigenvalue weighted by Crippen LogP contribution is 2.69. The van der Waals surface area contributed by atoms with Crippen LogP contribution in [0.4, 0.5) is 5.69 Å². The number of hydrogen-bond acceptors (Lipinski definition) is 2. The Labute approximate surface area is 188 Å². The molecule has 0 spiro atoms. The summed E-state index contributed by atoms with van der Waals surface area (Å²) in [6.07, 6.45) is 0. The Kier molecular flexibility index (Phi) is 3.61. The Morgan fingerprint density at radius 1 is 0.667 bits per heavy atom. The molecule has 0 N–H and O–H groups in total. The summed E-state index contributed by atoms with van der Waals surface area (Å²) >= 11 is 20.9. The van der Waals surface area contributed by atoms with Crippen LogP contribution in [0.25, 0.3) is 0 Å². The van der Waals surface area contributed by atoms with Gasteiger partial charge in [0.25, 0.3) is 0 Å². The number of benzene rings is 3. The van der Waals surface area contributed by atoms with E-state index >= 15 is 0 Å². The van der Waals surface area contributed by atoms with E-state index in [0.717, 1.165) is 22.3 Å². The molecule has 3 nitrogen and oxygen atoms in total. The van der Waals surface area contributed by atoms with Crippen LogP contribution in [-0.4, -0.2) is 11.8 Å². The second-order valence-electron chi connectivity index (χ2n) is 7.96. The summed E-state index contributed by atoms with van der Waals surface area (Å²) in [5.74, 6) is -2.33. The van der Waals surface area contributed by atoms with Crippen molar-refractivity contribution in [3.05, 3.63) is 100 Å². The standard InChI is InChI=1S/C24H14Cl3NO2/c25-13-6-5-7-14(12-13)28-21(29)19-20(22(28)30)24(27)16-9-2-1-8-15(16)23(19,26)17-10-3-4-11-18(17)24/h1-12,19-20H/t19-,20-,23?,24?/m0/s1. The van der Waals surface area contributed by atoms with Gasteiger partial charge in [-0.3, -0.25) is 9.59 Å². The maximum Gasteiger partial charge on any atom is 0.240 e. The van der Waals surface area contributed by atoms with E-state index in [-0.39, 0.29) is 11.8 Å². The van der Waals surface area contributed by atoms with Crippen LogP contribution >= 0.6 is 34.8 Å². The van der Waals surface area contributed by atoms with Gasteiger partial charge in [-0.05, 0) is 40.5 Å². The molecule has 0 unspecified atom stereocenters. The van der Waals surface area contributed by atoms with Gasteiger partial charge in [-0.1, -0.05) is 66.2 Å². The van der Waals surface area contributed by atoms with E-state index < -0.39 is 21.6 Å². The van der Waals surface area contributed by atoms with Crippen molar-refractivity contribution in [2.75, 3.05) is 4.90 Å². The number of amides is 2. The van der Waals surface area contributed by atoms with Gasteiger partial charge in [0.15, 0.2) is 0 Å². The topological polar surface area (TPSA) is 37.4 Å². The van der Waals surface area contributed by atoms with E-state index in [2.05, 4.69) is 0 Å². The fourth-order valence-electron chi connectivity index (χ4n) is 5.54. The van der Waals surface area contributed by atoms with Crippen LogP contribution in [0, 0.1) is 11.8 Å². The lowest BCUT2D eigenvalue weighted by atomic mass is 9.54. The molecule has 1 aliphatic heterocycles. The molecule has 1 heterocycles. The predicted molar refractivity (Wildman–Crippen MR) is 117 cm³/mol. The fraction of sp³-hybridized carbons (Fsp3) is 0.167. The summed E-state index contributed by atoms with van der Waals surface area (Å²) in [7, 11) is 0. The monoisotopic (exact) mass is 453 g/mol.